The molecule has 1 unspecified atom stereocenters. The summed E-state index contributed by atoms with van der Waals surface area (Å²) < 4.78 is 18.4. The molecule has 1 aromatic heterocycles. The maximum absolute atomic E-state index is 13.0. The van der Waals surface area contributed by atoms with Crippen molar-refractivity contribution in [3.05, 3.63) is 41.5 Å². The van der Waals surface area contributed by atoms with E-state index in [1.807, 2.05) is 0 Å². The Morgan fingerprint density at radius 2 is 2.29 bits per heavy atom. The van der Waals surface area contributed by atoms with E-state index in [1.54, 1.807) is 19.1 Å². The highest BCUT2D eigenvalue weighted by Crippen LogP contribution is 2.25. The smallest absolute Gasteiger partial charge is 0.226 e. The monoisotopic (exact) mass is 236 g/mol. The molecule has 0 amide bonds. The van der Waals surface area contributed by atoms with E-state index in [1.165, 1.54) is 12.1 Å². The Kier molecular flexibility index (Phi) is 3.21. The normalized spacial score (nSPS) is 12.7. The molecule has 0 radical (unpaired) electrons. The van der Waals surface area contributed by atoms with Crippen molar-refractivity contribution < 1.29 is 13.9 Å². The fraction of sp³-hybridized carbons (Fsp3) is 0.250. The van der Waals surface area contributed by atoms with Crippen LogP contribution in [0.5, 0.6) is 0 Å². The number of aryl methyl sites for hydroxylation is 1. The first kappa shape index (κ1) is 11.8. The van der Waals surface area contributed by atoms with E-state index < -0.39 is 6.10 Å². The molecule has 0 spiro atoms. The molecule has 1 atom stereocenters. The average Bonchev–Trinajstić information content (AvgIpc) is 2.70. The van der Waals surface area contributed by atoms with Gasteiger partial charge >= 0.3 is 0 Å². The molecular formula is C12H13FN2O2. The molecule has 0 saturated heterocycles. The Labute approximate surface area is 97.9 Å². The highest BCUT2D eigenvalue weighted by atomic mass is 19.1. The zero-order valence-corrected chi connectivity index (χ0v) is 9.35. The molecule has 0 aliphatic heterocycles. The van der Waals surface area contributed by atoms with Gasteiger partial charge in [0.15, 0.2) is 5.76 Å². The minimum atomic E-state index is -0.884. The van der Waals surface area contributed by atoms with Gasteiger partial charge in [-0.1, -0.05) is 6.07 Å². The highest BCUT2D eigenvalue weighted by molar-refractivity contribution is 5.53. The van der Waals surface area contributed by atoms with Crippen molar-refractivity contribution in [3.8, 4) is 11.5 Å². The van der Waals surface area contributed by atoms with Crippen molar-refractivity contribution in [2.45, 2.75) is 13.0 Å². The van der Waals surface area contributed by atoms with Crippen LogP contribution in [0, 0.1) is 12.7 Å². The molecule has 0 fully saturated rings. The summed E-state index contributed by atoms with van der Waals surface area (Å²) in [5.41, 5.74) is 6.44. The van der Waals surface area contributed by atoms with Crippen molar-refractivity contribution in [1.82, 2.24) is 4.98 Å². The number of hydrogen-bond donors (Lipinski definition) is 2. The Bertz CT molecular complexity index is 525. The van der Waals surface area contributed by atoms with Crippen molar-refractivity contribution >= 4 is 0 Å². The summed E-state index contributed by atoms with van der Waals surface area (Å²) in [6, 6.07) is 5.93. The molecule has 0 bridgehead atoms. The van der Waals surface area contributed by atoms with Gasteiger partial charge in [0.25, 0.3) is 0 Å². The zero-order chi connectivity index (χ0) is 12.4. The van der Waals surface area contributed by atoms with Crippen LogP contribution in [-0.2, 0) is 0 Å². The van der Waals surface area contributed by atoms with E-state index in [-0.39, 0.29) is 18.3 Å². The quantitative estimate of drug-likeness (QED) is 0.852. The molecule has 17 heavy (non-hydrogen) atoms. The lowest BCUT2D eigenvalue weighted by Crippen LogP contribution is -2.11. The molecule has 1 aromatic carbocycles. The SMILES string of the molecule is Cc1nc(-c2cccc(F)c2)oc1C(O)CN. The van der Waals surface area contributed by atoms with E-state index in [4.69, 9.17) is 10.2 Å². The molecule has 0 saturated carbocycles. The molecule has 0 aliphatic carbocycles. The number of aliphatic hydroxyl groups is 1. The number of hydrogen-bond acceptors (Lipinski definition) is 4. The summed E-state index contributed by atoms with van der Waals surface area (Å²) >= 11 is 0. The Hall–Kier alpha value is -1.72. The van der Waals surface area contributed by atoms with Gasteiger partial charge in [0.2, 0.25) is 5.89 Å². The van der Waals surface area contributed by atoms with Crippen LogP contribution >= 0.6 is 0 Å². The fourth-order valence-electron chi connectivity index (χ4n) is 1.57. The lowest BCUT2D eigenvalue weighted by molar-refractivity contribution is 0.158. The first-order valence-electron chi connectivity index (χ1n) is 5.23. The second kappa shape index (κ2) is 4.65. The Balaban J connectivity index is 2.41. The summed E-state index contributed by atoms with van der Waals surface area (Å²) in [5.74, 6) is 0.246. The maximum atomic E-state index is 13.0. The third-order valence-electron chi connectivity index (χ3n) is 2.43. The van der Waals surface area contributed by atoms with Crippen LogP contribution in [-0.4, -0.2) is 16.6 Å². The predicted octanol–water partition coefficient (Wildman–Crippen LogP) is 1.78. The number of aliphatic hydroxyl groups excluding tert-OH is 1. The van der Waals surface area contributed by atoms with Gasteiger partial charge in [0.05, 0.1) is 5.69 Å². The van der Waals surface area contributed by atoms with Crippen molar-refractivity contribution in [2.75, 3.05) is 6.54 Å². The first-order chi connectivity index (χ1) is 8.11. The van der Waals surface area contributed by atoms with Crippen molar-refractivity contribution in [3.63, 3.8) is 0 Å². The number of benzene rings is 1. The second-order valence-electron chi connectivity index (χ2n) is 3.73. The molecule has 0 aliphatic rings. The van der Waals surface area contributed by atoms with Crippen molar-refractivity contribution in [1.29, 1.82) is 0 Å². The summed E-state index contributed by atoms with van der Waals surface area (Å²) in [7, 11) is 0. The fourth-order valence-corrected chi connectivity index (χ4v) is 1.57. The zero-order valence-electron chi connectivity index (χ0n) is 9.35. The molecule has 90 valence electrons. The number of aromatic nitrogens is 1. The third-order valence-corrected chi connectivity index (χ3v) is 2.43. The number of nitrogens with two attached hydrogens (primary N) is 1. The van der Waals surface area contributed by atoms with Crippen LogP contribution in [0.4, 0.5) is 4.39 Å². The molecule has 3 N–H and O–H groups in total. The average molecular weight is 236 g/mol. The third kappa shape index (κ3) is 2.35. The predicted molar refractivity (Wildman–Crippen MR) is 60.6 cm³/mol. The minimum Gasteiger partial charge on any atom is -0.438 e. The maximum Gasteiger partial charge on any atom is 0.226 e. The number of nitrogens with zero attached hydrogens (tertiary/aromatic N) is 1. The molecule has 1 heterocycles. The van der Waals surface area contributed by atoms with Gasteiger partial charge in [-0.05, 0) is 25.1 Å². The van der Waals surface area contributed by atoms with Crippen LogP contribution in [0.15, 0.2) is 28.7 Å². The van der Waals surface area contributed by atoms with Crippen LogP contribution in [0.2, 0.25) is 0 Å². The van der Waals surface area contributed by atoms with Gasteiger partial charge < -0.3 is 15.3 Å². The van der Waals surface area contributed by atoms with E-state index >= 15 is 0 Å². The topological polar surface area (TPSA) is 72.3 Å². The van der Waals surface area contributed by atoms with Gasteiger partial charge in [-0.25, -0.2) is 9.37 Å². The van der Waals surface area contributed by atoms with Crippen LogP contribution in [0.1, 0.15) is 17.6 Å². The van der Waals surface area contributed by atoms with Crippen LogP contribution in [0.3, 0.4) is 0 Å². The molecule has 5 heteroatoms. The second-order valence-corrected chi connectivity index (χ2v) is 3.73. The number of halogens is 1. The van der Waals surface area contributed by atoms with Gasteiger partial charge in [-0.2, -0.15) is 0 Å². The van der Waals surface area contributed by atoms with E-state index in [9.17, 15) is 9.50 Å². The van der Waals surface area contributed by atoms with E-state index in [0.717, 1.165) is 0 Å². The Morgan fingerprint density at radius 1 is 1.53 bits per heavy atom. The van der Waals surface area contributed by atoms with Crippen LogP contribution in [0.25, 0.3) is 11.5 Å². The van der Waals surface area contributed by atoms with Crippen molar-refractivity contribution in [2.24, 2.45) is 5.73 Å². The van der Waals surface area contributed by atoms with E-state index in [2.05, 4.69) is 4.98 Å². The summed E-state index contributed by atoms with van der Waals surface area (Å²) in [4.78, 5) is 4.14. The molecule has 4 nitrogen and oxygen atoms in total. The van der Waals surface area contributed by atoms with Gasteiger partial charge in [0.1, 0.15) is 11.9 Å². The van der Waals surface area contributed by atoms with Gasteiger partial charge in [-0.3, -0.25) is 0 Å². The first-order valence-corrected chi connectivity index (χ1v) is 5.23. The minimum absolute atomic E-state index is 0.0542. The summed E-state index contributed by atoms with van der Waals surface area (Å²) in [6.07, 6.45) is -0.884. The molecule has 2 aromatic rings. The highest BCUT2D eigenvalue weighted by Gasteiger charge is 2.17. The largest absolute Gasteiger partial charge is 0.438 e. The standard InChI is InChI=1S/C12H13FN2O2/c1-7-11(10(16)6-14)17-12(15-7)8-3-2-4-9(13)5-8/h2-5,10,16H,6,14H2,1H3. The molecular weight excluding hydrogens is 223 g/mol. The van der Waals surface area contributed by atoms with Gasteiger partial charge in [-0.15, -0.1) is 0 Å². The lowest BCUT2D eigenvalue weighted by atomic mass is 10.2. The number of oxazole rings is 1. The van der Waals surface area contributed by atoms with E-state index in [0.29, 0.717) is 17.0 Å². The summed E-state index contributed by atoms with van der Waals surface area (Å²) in [6.45, 7) is 1.76. The molecule has 2 rings (SSSR count). The van der Waals surface area contributed by atoms with Gasteiger partial charge in [0, 0.05) is 12.1 Å². The van der Waals surface area contributed by atoms with Crippen LogP contribution < -0.4 is 5.73 Å². The summed E-state index contributed by atoms with van der Waals surface area (Å²) in [5, 5.41) is 9.59. The lowest BCUT2D eigenvalue weighted by Gasteiger charge is -2.03. The number of rotatable bonds is 3. The Morgan fingerprint density at radius 3 is 2.94 bits per heavy atom.